The van der Waals surface area contributed by atoms with Gasteiger partial charge in [0.2, 0.25) is 0 Å². The van der Waals surface area contributed by atoms with Gasteiger partial charge in [-0.3, -0.25) is 0 Å². The Kier molecular flexibility index (Phi) is 5.49. The lowest BCUT2D eigenvalue weighted by atomic mass is 10.1. The lowest BCUT2D eigenvalue weighted by Gasteiger charge is -2.08. The fourth-order valence-electron chi connectivity index (χ4n) is 2.05. The molecule has 0 bridgehead atoms. The minimum Gasteiger partial charge on any atom is -0.493 e. The number of hydrogen-bond acceptors (Lipinski definition) is 4. The van der Waals surface area contributed by atoms with Crippen molar-refractivity contribution < 1.29 is 4.74 Å². The number of ether oxygens (including phenoxy) is 1. The predicted octanol–water partition coefficient (Wildman–Crippen LogP) is 4.37. The highest BCUT2D eigenvalue weighted by atomic mass is 32.1. The Labute approximate surface area is 130 Å². The van der Waals surface area contributed by atoms with Crippen molar-refractivity contribution in [3.63, 3.8) is 0 Å². The minimum atomic E-state index is 0.674. The first kappa shape index (κ1) is 15.4. The number of rotatable bonds is 6. The molecular formula is C16H21NOS2. The van der Waals surface area contributed by atoms with Crippen molar-refractivity contribution in [2.24, 2.45) is 0 Å². The number of nitrogens with zero attached hydrogens (tertiary/aromatic N) is 1. The first-order valence-electron chi connectivity index (χ1n) is 6.92. The minimum absolute atomic E-state index is 0.674. The van der Waals surface area contributed by atoms with E-state index in [0.29, 0.717) is 6.61 Å². The van der Waals surface area contributed by atoms with Crippen molar-refractivity contribution in [3.05, 3.63) is 44.9 Å². The van der Waals surface area contributed by atoms with Crippen LogP contribution in [0.25, 0.3) is 0 Å². The summed E-state index contributed by atoms with van der Waals surface area (Å²) in [4.78, 5) is 5.95. The molecule has 108 valence electrons. The number of aryl methyl sites for hydroxylation is 3. The van der Waals surface area contributed by atoms with E-state index >= 15 is 0 Å². The maximum absolute atomic E-state index is 5.89. The molecule has 0 N–H and O–H groups in total. The van der Waals surface area contributed by atoms with E-state index in [1.54, 1.807) is 11.3 Å². The second-order valence-electron chi connectivity index (χ2n) is 4.86. The van der Waals surface area contributed by atoms with Crippen LogP contribution in [0.15, 0.2) is 18.2 Å². The largest absolute Gasteiger partial charge is 0.493 e. The average Bonchev–Trinajstić information content (AvgIpc) is 2.85. The summed E-state index contributed by atoms with van der Waals surface area (Å²) in [5, 5.41) is 1.15. The van der Waals surface area contributed by atoms with Crippen LogP contribution in [-0.2, 0) is 18.6 Å². The fourth-order valence-corrected chi connectivity index (χ4v) is 3.43. The van der Waals surface area contributed by atoms with Gasteiger partial charge in [-0.15, -0.1) is 11.3 Å². The normalized spacial score (nSPS) is 10.8. The van der Waals surface area contributed by atoms with Gasteiger partial charge >= 0.3 is 0 Å². The van der Waals surface area contributed by atoms with E-state index in [1.165, 1.54) is 21.7 Å². The van der Waals surface area contributed by atoms with Crippen molar-refractivity contribution in [2.45, 2.75) is 39.4 Å². The van der Waals surface area contributed by atoms with E-state index < -0.39 is 0 Å². The van der Waals surface area contributed by atoms with E-state index in [9.17, 15) is 0 Å². The second-order valence-corrected chi connectivity index (χ2v) is 6.34. The molecule has 1 heterocycles. The number of hydrogen-bond donors (Lipinski definition) is 1. The SMILES string of the molecule is CCc1nc(CCOc2cc(C)ccc2C)sc1CS. The van der Waals surface area contributed by atoms with Crippen LogP contribution in [0, 0.1) is 13.8 Å². The summed E-state index contributed by atoms with van der Waals surface area (Å²) in [6, 6.07) is 6.30. The summed E-state index contributed by atoms with van der Waals surface area (Å²) in [6.07, 6.45) is 1.84. The van der Waals surface area contributed by atoms with Crippen molar-refractivity contribution >= 4 is 24.0 Å². The monoisotopic (exact) mass is 307 g/mol. The Morgan fingerprint density at radius 3 is 2.75 bits per heavy atom. The first-order valence-corrected chi connectivity index (χ1v) is 8.37. The maximum atomic E-state index is 5.89. The standard InChI is InChI=1S/C16H21NOS2/c1-4-13-15(10-19)20-16(17-13)7-8-18-14-9-11(2)5-6-12(14)3/h5-6,9,19H,4,7-8,10H2,1-3H3. The smallest absolute Gasteiger partial charge is 0.122 e. The molecule has 0 radical (unpaired) electrons. The van der Waals surface area contributed by atoms with Crippen LogP contribution in [0.2, 0.25) is 0 Å². The van der Waals surface area contributed by atoms with Crippen molar-refractivity contribution in [1.82, 2.24) is 4.98 Å². The summed E-state index contributed by atoms with van der Waals surface area (Å²) >= 11 is 6.12. The third-order valence-corrected chi connectivity index (χ3v) is 4.91. The van der Waals surface area contributed by atoms with Gasteiger partial charge in [0.25, 0.3) is 0 Å². The highest BCUT2D eigenvalue weighted by Gasteiger charge is 2.08. The average molecular weight is 307 g/mol. The molecule has 0 aliphatic rings. The lowest BCUT2D eigenvalue weighted by Crippen LogP contribution is -2.02. The molecule has 0 spiro atoms. The molecule has 0 aliphatic heterocycles. The predicted molar refractivity (Wildman–Crippen MR) is 89.3 cm³/mol. The van der Waals surface area contributed by atoms with Crippen molar-refractivity contribution in [3.8, 4) is 5.75 Å². The Balaban J connectivity index is 1.95. The number of thiazole rings is 1. The van der Waals surface area contributed by atoms with Crippen molar-refractivity contribution in [2.75, 3.05) is 6.61 Å². The van der Waals surface area contributed by atoms with Gasteiger partial charge in [-0.25, -0.2) is 4.98 Å². The third kappa shape index (κ3) is 3.76. The van der Waals surface area contributed by atoms with Gasteiger partial charge in [0.15, 0.2) is 0 Å². The Hall–Kier alpha value is -1.00. The molecular weight excluding hydrogens is 286 g/mol. The van der Waals surface area contributed by atoms with Crippen LogP contribution in [-0.4, -0.2) is 11.6 Å². The molecule has 20 heavy (non-hydrogen) atoms. The van der Waals surface area contributed by atoms with Crippen LogP contribution >= 0.6 is 24.0 Å². The van der Waals surface area contributed by atoms with Gasteiger partial charge < -0.3 is 4.74 Å². The molecule has 0 saturated carbocycles. The Morgan fingerprint density at radius 2 is 2.10 bits per heavy atom. The summed E-state index contributed by atoms with van der Waals surface area (Å²) < 4.78 is 5.89. The number of thiol groups is 1. The zero-order chi connectivity index (χ0) is 14.5. The molecule has 2 nitrogen and oxygen atoms in total. The van der Waals surface area contributed by atoms with Crippen LogP contribution < -0.4 is 4.74 Å². The van der Waals surface area contributed by atoms with Crippen LogP contribution in [0.5, 0.6) is 5.75 Å². The summed E-state index contributed by atoms with van der Waals surface area (Å²) in [7, 11) is 0. The molecule has 1 aromatic heterocycles. The topological polar surface area (TPSA) is 22.1 Å². The molecule has 1 aromatic carbocycles. The highest BCUT2D eigenvalue weighted by Crippen LogP contribution is 2.23. The Morgan fingerprint density at radius 1 is 1.30 bits per heavy atom. The molecule has 2 rings (SSSR count). The lowest BCUT2D eigenvalue weighted by molar-refractivity contribution is 0.319. The fraction of sp³-hybridized carbons (Fsp3) is 0.438. The molecule has 0 fully saturated rings. The quantitative estimate of drug-likeness (QED) is 0.800. The second kappa shape index (κ2) is 7.14. The van der Waals surface area contributed by atoms with Crippen molar-refractivity contribution in [1.29, 1.82) is 0 Å². The molecule has 0 aliphatic carbocycles. The van der Waals surface area contributed by atoms with E-state index in [1.807, 2.05) is 0 Å². The van der Waals surface area contributed by atoms with E-state index in [2.05, 4.69) is 56.6 Å². The van der Waals surface area contributed by atoms with Gasteiger partial charge in [0.05, 0.1) is 17.3 Å². The molecule has 4 heteroatoms. The van der Waals surface area contributed by atoms with Gasteiger partial charge in [0.1, 0.15) is 5.75 Å². The summed E-state index contributed by atoms with van der Waals surface area (Å²) in [5.41, 5.74) is 3.59. The van der Waals surface area contributed by atoms with E-state index in [-0.39, 0.29) is 0 Å². The molecule has 0 saturated heterocycles. The van der Waals surface area contributed by atoms with Gasteiger partial charge in [-0.1, -0.05) is 19.1 Å². The van der Waals surface area contributed by atoms with Gasteiger partial charge in [-0.2, -0.15) is 12.6 Å². The van der Waals surface area contributed by atoms with Crippen LogP contribution in [0.1, 0.15) is 33.6 Å². The molecule has 2 aromatic rings. The summed E-state index contributed by atoms with van der Waals surface area (Å²) in [6.45, 7) is 6.97. The maximum Gasteiger partial charge on any atom is 0.122 e. The zero-order valence-corrected chi connectivity index (χ0v) is 14.0. The van der Waals surface area contributed by atoms with E-state index in [4.69, 9.17) is 4.74 Å². The Bertz CT molecular complexity index is 556. The highest BCUT2D eigenvalue weighted by molar-refractivity contribution is 7.79. The van der Waals surface area contributed by atoms with Crippen LogP contribution in [0.4, 0.5) is 0 Å². The molecule has 0 unspecified atom stereocenters. The first-order chi connectivity index (χ1) is 9.63. The van der Waals surface area contributed by atoms with Crippen LogP contribution in [0.3, 0.4) is 0 Å². The number of aromatic nitrogens is 1. The molecule has 0 atom stereocenters. The van der Waals surface area contributed by atoms with Gasteiger partial charge in [-0.05, 0) is 37.5 Å². The zero-order valence-electron chi connectivity index (χ0n) is 12.3. The van der Waals surface area contributed by atoms with E-state index in [0.717, 1.165) is 29.4 Å². The third-order valence-electron chi connectivity index (χ3n) is 3.22. The summed E-state index contributed by atoms with van der Waals surface area (Å²) in [5.74, 6) is 1.75. The molecule has 0 amide bonds. The van der Waals surface area contributed by atoms with Gasteiger partial charge in [0, 0.05) is 17.1 Å². The number of benzene rings is 1.